The van der Waals surface area contributed by atoms with Crippen LogP contribution in [0.2, 0.25) is 0 Å². The van der Waals surface area contributed by atoms with Crippen molar-refractivity contribution < 1.29 is 0 Å². The molecule has 0 saturated heterocycles. The highest BCUT2D eigenvalue weighted by Crippen LogP contribution is 2.42. The third-order valence-corrected chi connectivity index (χ3v) is 9.93. The van der Waals surface area contributed by atoms with Gasteiger partial charge in [-0.3, -0.25) is 0 Å². The lowest BCUT2D eigenvalue weighted by atomic mass is 9.93. The van der Waals surface area contributed by atoms with E-state index in [0.29, 0.717) is 0 Å². The van der Waals surface area contributed by atoms with E-state index in [9.17, 15) is 0 Å². The van der Waals surface area contributed by atoms with E-state index >= 15 is 0 Å². The van der Waals surface area contributed by atoms with Crippen LogP contribution in [0.25, 0.3) is 77.9 Å². The van der Waals surface area contributed by atoms with Crippen LogP contribution in [-0.4, -0.2) is 0 Å². The van der Waals surface area contributed by atoms with Gasteiger partial charge in [0.25, 0.3) is 0 Å². The summed E-state index contributed by atoms with van der Waals surface area (Å²) in [4.78, 5) is 0. The molecular weight excluding hydrogens is 589 g/mol. The first-order valence-corrected chi connectivity index (χ1v) is 17.0. The third-order valence-electron chi connectivity index (χ3n) is 9.93. The van der Waals surface area contributed by atoms with Crippen molar-refractivity contribution in [2.24, 2.45) is 0 Å². The minimum atomic E-state index is 0.979. The normalized spacial score (nSPS) is 11.6. The molecule has 0 bridgehead atoms. The summed E-state index contributed by atoms with van der Waals surface area (Å²) >= 11 is 0. The van der Waals surface area contributed by atoms with Crippen molar-refractivity contribution in [1.82, 2.24) is 0 Å². The van der Waals surface area contributed by atoms with Gasteiger partial charge in [-0.05, 0) is 120 Å². The van der Waals surface area contributed by atoms with Crippen LogP contribution in [0.15, 0.2) is 194 Å². The highest BCUT2D eigenvalue weighted by atomic mass is 14.2. The van der Waals surface area contributed by atoms with Crippen LogP contribution in [0, 0.1) is 0 Å². The molecule has 0 heteroatoms. The Kier molecular flexibility index (Phi) is 7.33. The molecule has 0 saturated carbocycles. The Labute approximate surface area is 288 Å². The van der Waals surface area contributed by atoms with E-state index in [1.165, 1.54) is 89.0 Å². The van der Waals surface area contributed by atoms with Crippen molar-refractivity contribution in [2.45, 2.75) is 6.42 Å². The molecule has 0 N–H and O–H groups in total. The molecule has 0 nitrogen and oxygen atoms in total. The number of benzene rings is 8. The lowest BCUT2D eigenvalue weighted by Gasteiger charge is -2.11. The largest absolute Gasteiger partial charge is 0.0622 e. The fourth-order valence-corrected chi connectivity index (χ4v) is 7.26. The van der Waals surface area contributed by atoms with Gasteiger partial charge in [0.1, 0.15) is 0 Å². The number of rotatable bonds is 6. The highest BCUT2D eigenvalue weighted by molar-refractivity contribution is 5.86. The Morgan fingerprint density at radius 3 is 0.857 bits per heavy atom. The molecule has 0 fully saturated rings. The summed E-state index contributed by atoms with van der Waals surface area (Å²) in [6.45, 7) is 0. The first kappa shape index (κ1) is 28.9. The van der Waals surface area contributed by atoms with E-state index in [0.717, 1.165) is 6.42 Å². The van der Waals surface area contributed by atoms with Crippen LogP contribution in [0.5, 0.6) is 0 Å². The van der Waals surface area contributed by atoms with Gasteiger partial charge in [0, 0.05) is 0 Å². The van der Waals surface area contributed by atoms with Crippen LogP contribution < -0.4 is 0 Å². The predicted octanol–water partition coefficient (Wildman–Crippen LogP) is 13.3. The molecule has 9 rings (SSSR count). The average molecular weight is 623 g/mol. The molecule has 230 valence electrons. The second-order valence-corrected chi connectivity index (χ2v) is 13.0. The number of fused-ring (bicyclic) bond motifs is 3. The summed E-state index contributed by atoms with van der Waals surface area (Å²) < 4.78 is 0. The van der Waals surface area contributed by atoms with Crippen molar-refractivity contribution in [2.75, 3.05) is 0 Å². The topological polar surface area (TPSA) is 0 Å². The van der Waals surface area contributed by atoms with Gasteiger partial charge < -0.3 is 0 Å². The van der Waals surface area contributed by atoms with E-state index < -0.39 is 0 Å². The minimum Gasteiger partial charge on any atom is -0.0622 e. The minimum absolute atomic E-state index is 0.979. The predicted molar refractivity (Wildman–Crippen MR) is 207 cm³/mol. The SMILES string of the molecule is c1ccc(-c2ccc(-c3cccc(-c4ccc5c(c4)-c4cc(-c6cccc(-c7ccc(-c8ccccc8)cc7)c6)ccc4C5)c3)cc2)cc1. The second kappa shape index (κ2) is 12.4. The molecule has 0 heterocycles. The molecule has 49 heavy (non-hydrogen) atoms. The molecule has 0 radical (unpaired) electrons. The van der Waals surface area contributed by atoms with Crippen molar-refractivity contribution in [3.8, 4) is 77.9 Å². The van der Waals surface area contributed by atoms with Crippen molar-refractivity contribution >= 4 is 0 Å². The smallest absolute Gasteiger partial charge is 0.00134 e. The molecule has 0 aromatic heterocycles. The van der Waals surface area contributed by atoms with E-state index in [2.05, 4.69) is 194 Å². The lowest BCUT2D eigenvalue weighted by molar-refractivity contribution is 1.26. The number of hydrogen-bond donors (Lipinski definition) is 0. The molecule has 0 aliphatic heterocycles. The van der Waals surface area contributed by atoms with Crippen molar-refractivity contribution in [1.29, 1.82) is 0 Å². The van der Waals surface area contributed by atoms with Gasteiger partial charge in [0.15, 0.2) is 0 Å². The van der Waals surface area contributed by atoms with Crippen molar-refractivity contribution in [3.63, 3.8) is 0 Å². The summed E-state index contributed by atoms with van der Waals surface area (Å²) in [5.74, 6) is 0. The van der Waals surface area contributed by atoms with E-state index in [4.69, 9.17) is 0 Å². The van der Waals surface area contributed by atoms with Gasteiger partial charge in [0.05, 0.1) is 0 Å². The zero-order chi connectivity index (χ0) is 32.6. The summed E-state index contributed by atoms with van der Waals surface area (Å²) in [5, 5.41) is 0. The Morgan fingerprint density at radius 1 is 0.204 bits per heavy atom. The molecule has 0 atom stereocenters. The van der Waals surface area contributed by atoms with Gasteiger partial charge >= 0.3 is 0 Å². The molecule has 8 aromatic carbocycles. The molecule has 8 aromatic rings. The molecule has 1 aliphatic carbocycles. The first-order valence-electron chi connectivity index (χ1n) is 17.0. The zero-order valence-electron chi connectivity index (χ0n) is 27.2. The number of hydrogen-bond acceptors (Lipinski definition) is 0. The fourth-order valence-electron chi connectivity index (χ4n) is 7.26. The van der Waals surface area contributed by atoms with E-state index in [1.54, 1.807) is 0 Å². The second-order valence-electron chi connectivity index (χ2n) is 13.0. The van der Waals surface area contributed by atoms with Crippen LogP contribution in [-0.2, 0) is 6.42 Å². The molecule has 0 spiro atoms. The van der Waals surface area contributed by atoms with Crippen LogP contribution in [0.1, 0.15) is 11.1 Å². The maximum Gasteiger partial charge on any atom is -0.00134 e. The van der Waals surface area contributed by atoms with Gasteiger partial charge in [-0.25, -0.2) is 0 Å². The summed E-state index contributed by atoms with van der Waals surface area (Å²) in [6, 6.07) is 70.8. The van der Waals surface area contributed by atoms with E-state index in [1.807, 2.05) is 0 Å². The monoisotopic (exact) mass is 622 g/mol. The Balaban J connectivity index is 0.998. The average Bonchev–Trinajstić information content (AvgIpc) is 3.56. The standard InChI is InChI=1S/C49H34/c1-3-9-34(10-4-1)36-17-21-38(22-18-36)40-13-7-15-42(29-40)44-25-27-46-31-47-28-26-45(33-49(47)48(46)32-44)43-16-8-14-41(30-43)39-23-19-37(20-24-39)35-11-5-2-6-12-35/h1-30,32-33H,31H2. The highest BCUT2D eigenvalue weighted by Gasteiger charge is 2.20. The Hall–Kier alpha value is -6.24. The first-order chi connectivity index (χ1) is 24.2. The fraction of sp³-hybridized carbons (Fsp3) is 0.0204. The van der Waals surface area contributed by atoms with Gasteiger partial charge in [-0.1, -0.05) is 170 Å². The van der Waals surface area contributed by atoms with Crippen LogP contribution in [0.3, 0.4) is 0 Å². The van der Waals surface area contributed by atoms with Crippen molar-refractivity contribution in [3.05, 3.63) is 205 Å². The molecule has 0 amide bonds. The molecule has 1 aliphatic rings. The van der Waals surface area contributed by atoms with Gasteiger partial charge in [-0.2, -0.15) is 0 Å². The maximum absolute atomic E-state index is 2.40. The van der Waals surface area contributed by atoms with Gasteiger partial charge in [0.2, 0.25) is 0 Å². The summed E-state index contributed by atoms with van der Waals surface area (Å²) in [7, 11) is 0. The Morgan fingerprint density at radius 2 is 0.469 bits per heavy atom. The molecule has 0 unspecified atom stereocenters. The molecular formula is C49H34. The maximum atomic E-state index is 2.40. The zero-order valence-corrected chi connectivity index (χ0v) is 27.2. The van der Waals surface area contributed by atoms with Gasteiger partial charge in [-0.15, -0.1) is 0 Å². The summed E-state index contributed by atoms with van der Waals surface area (Å²) in [5.41, 5.74) is 20.3. The van der Waals surface area contributed by atoms with E-state index in [-0.39, 0.29) is 0 Å². The third kappa shape index (κ3) is 5.69. The van der Waals surface area contributed by atoms with Crippen LogP contribution >= 0.6 is 0 Å². The quantitative estimate of drug-likeness (QED) is 0.173. The Bertz CT molecular complexity index is 2240. The van der Waals surface area contributed by atoms with Crippen LogP contribution in [0.4, 0.5) is 0 Å². The lowest BCUT2D eigenvalue weighted by Crippen LogP contribution is -1.86. The summed E-state index contributed by atoms with van der Waals surface area (Å²) in [6.07, 6.45) is 0.979.